The number of aromatic hydroxyl groups is 1. The first-order chi connectivity index (χ1) is 16.6. The van der Waals surface area contributed by atoms with E-state index in [1.165, 1.54) is 17.8 Å². The first kappa shape index (κ1) is 22.0. The van der Waals surface area contributed by atoms with Gasteiger partial charge in [0.05, 0.1) is 5.56 Å². The first-order valence-electron chi connectivity index (χ1n) is 10.9. The Morgan fingerprint density at radius 2 is 1.53 bits per heavy atom. The molecule has 0 spiro atoms. The number of benzene rings is 2. The van der Waals surface area contributed by atoms with Crippen molar-refractivity contribution in [1.82, 2.24) is 19.8 Å². The number of phenolic OH excluding ortho intramolecular Hbond substituents is 1. The van der Waals surface area contributed by atoms with Crippen LogP contribution in [0, 0.1) is 0 Å². The van der Waals surface area contributed by atoms with Gasteiger partial charge in [-0.3, -0.25) is 9.59 Å². The first-order valence-corrected chi connectivity index (χ1v) is 11.9. The summed E-state index contributed by atoms with van der Waals surface area (Å²) in [5.74, 6) is 0.320. The zero-order valence-electron chi connectivity index (χ0n) is 18.3. The van der Waals surface area contributed by atoms with E-state index in [1.54, 1.807) is 46.5 Å². The highest BCUT2D eigenvalue weighted by atomic mass is 32.2. The lowest BCUT2D eigenvalue weighted by Crippen LogP contribution is -2.50. The summed E-state index contributed by atoms with van der Waals surface area (Å²) in [6, 6.07) is 15.8. The predicted octanol–water partition coefficient (Wildman–Crippen LogP) is 3.82. The Morgan fingerprint density at radius 3 is 2.26 bits per heavy atom. The number of thioether (sulfide) groups is 1. The van der Waals surface area contributed by atoms with Crippen LogP contribution >= 0.6 is 11.8 Å². The predicted molar refractivity (Wildman–Crippen MR) is 128 cm³/mol. The van der Waals surface area contributed by atoms with Crippen LogP contribution in [0.5, 0.6) is 5.75 Å². The molecule has 4 aromatic rings. The van der Waals surface area contributed by atoms with E-state index < -0.39 is 0 Å². The molecule has 9 heteroatoms. The number of amides is 2. The summed E-state index contributed by atoms with van der Waals surface area (Å²) in [7, 11) is 0. The molecular weight excluding hydrogens is 452 g/mol. The third-order valence-electron chi connectivity index (χ3n) is 5.77. The highest BCUT2D eigenvalue weighted by molar-refractivity contribution is 7.98. The SMILES string of the molecule is O=C(c1ccccc1O)N1CCN(C(=O)c2oc3ccccc3c2CSc2ncccn2)CC1. The number of carbonyl (C=O) groups excluding carboxylic acids is 2. The number of para-hydroxylation sites is 2. The van der Waals surface area contributed by atoms with Gasteiger partial charge in [-0.25, -0.2) is 9.97 Å². The monoisotopic (exact) mass is 474 g/mol. The van der Waals surface area contributed by atoms with Gasteiger partial charge in [-0.15, -0.1) is 0 Å². The Labute approximate surface area is 200 Å². The molecule has 0 atom stereocenters. The average Bonchev–Trinajstić information content (AvgIpc) is 3.26. The molecule has 1 saturated heterocycles. The third kappa shape index (κ3) is 4.34. The number of rotatable bonds is 5. The normalized spacial score (nSPS) is 13.9. The molecule has 1 aliphatic rings. The second-order valence-corrected chi connectivity index (χ2v) is 8.77. The van der Waals surface area contributed by atoms with Gasteiger partial charge in [-0.1, -0.05) is 42.1 Å². The van der Waals surface area contributed by atoms with Gasteiger partial charge < -0.3 is 19.3 Å². The number of aromatic nitrogens is 2. The third-order valence-corrected chi connectivity index (χ3v) is 6.67. The summed E-state index contributed by atoms with van der Waals surface area (Å²) in [4.78, 5) is 38.1. The highest BCUT2D eigenvalue weighted by Crippen LogP contribution is 2.32. The average molecular weight is 475 g/mol. The highest BCUT2D eigenvalue weighted by Gasteiger charge is 2.30. The van der Waals surface area contributed by atoms with Gasteiger partial charge in [0, 0.05) is 55.3 Å². The fourth-order valence-corrected chi connectivity index (χ4v) is 4.82. The minimum absolute atomic E-state index is 0.0437. The Hall–Kier alpha value is -3.85. The second-order valence-electron chi connectivity index (χ2n) is 7.83. The van der Waals surface area contributed by atoms with Gasteiger partial charge >= 0.3 is 0 Å². The molecule has 2 amide bonds. The van der Waals surface area contributed by atoms with E-state index in [0.29, 0.717) is 48.4 Å². The molecule has 0 radical (unpaired) electrons. The Kier molecular flexibility index (Phi) is 6.18. The maximum atomic E-state index is 13.5. The maximum Gasteiger partial charge on any atom is 0.290 e. The van der Waals surface area contributed by atoms with Crippen molar-refractivity contribution < 1.29 is 19.1 Å². The Balaban J connectivity index is 1.33. The lowest BCUT2D eigenvalue weighted by molar-refractivity contribution is 0.0517. The van der Waals surface area contributed by atoms with E-state index in [-0.39, 0.29) is 23.1 Å². The van der Waals surface area contributed by atoms with Crippen LogP contribution in [0.1, 0.15) is 26.5 Å². The summed E-state index contributed by atoms with van der Waals surface area (Å²) in [5.41, 5.74) is 1.73. The van der Waals surface area contributed by atoms with Crippen molar-refractivity contribution in [3.05, 3.63) is 83.9 Å². The van der Waals surface area contributed by atoms with Crippen LogP contribution in [-0.2, 0) is 5.75 Å². The number of fused-ring (bicyclic) bond motifs is 1. The van der Waals surface area contributed by atoms with Crippen LogP contribution < -0.4 is 0 Å². The van der Waals surface area contributed by atoms with E-state index in [2.05, 4.69) is 9.97 Å². The number of furan rings is 1. The molecule has 1 aliphatic heterocycles. The largest absolute Gasteiger partial charge is 0.507 e. The molecule has 5 rings (SSSR count). The Morgan fingerprint density at radius 1 is 0.882 bits per heavy atom. The number of phenols is 1. The van der Waals surface area contributed by atoms with Gasteiger partial charge in [-0.2, -0.15) is 0 Å². The minimum atomic E-state index is -0.242. The molecule has 2 aromatic carbocycles. The molecule has 0 unspecified atom stereocenters. The number of piperazine rings is 1. The fraction of sp³-hybridized carbons (Fsp3) is 0.200. The molecule has 2 aromatic heterocycles. The van der Waals surface area contributed by atoms with Gasteiger partial charge in [-0.05, 0) is 24.3 Å². The molecule has 3 heterocycles. The van der Waals surface area contributed by atoms with Crippen molar-refractivity contribution in [1.29, 1.82) is 0 Å². The summed E-state index contributed by atoms with van der Waals surface area (Å²) in [6.07, 6.45) is 3.37. The standard InChI is InChI=1S/C25H22N4O4S/c30-20-8-3-1-7-18(20)23(31)28-12-14-29(15-13-28)24(32)22-19(16-34-25-26-10-5-11-27-25)17-6-2-4-9-21(17)33-22/h1-11,30H,12-16H2. The molecule has 0 aliphatic carbocycles. The molecule has 1 fully saturated rings. The maximum absolute atomic E-state index is 13.5. The molecule has 1 N–H and O–H groups in total. The van der Waals surface area contributed by atoms with Crippen molar-refractivity contribution in [2.24, 2.45) is 0 Å². The zero-order valence-corrected chi connectivity index (χ0v) is 19.1. The van der Waals surface area contributed by atoms with E-state index in [9.17, 15) is 14.7 Å². The van der Waals surface area contributed by atoms with Crippen LogP contribution in [0.4, 0.5) is 0 Å². The fourth-order valence-electron chi connectivity index (χ4n) is 3.99. The van der Waals surface area contributed by atoms with Crippen molar-refractivity contribution in [3.8, 4) is 5.75 Å². The quantitative estimate of drug-likeness (QED) is 0.347. The molecule has 0 saturated carbocycles. The van der Waals surface area contributed by atoms with Crippen LogP contribution in [0.2, 0.25) is 0 Å². The minimum Gasteiger partial charge on any atom is -0.507 e. The number of hydrogen-bond acceptors (Lipinski definition) is 7. The lowest BCUT2D eigenvalue weighted by atomic mass is 10.1. The van der Waals surface area contributed by atoms with Crippen molar-refractivity contribution >= 4 is 34.5 Å². The van der Waals surface area contributed by atoms with Crippen molar-refractivity contribution in [2.75, 3.05) is 26.2 Å². The summed E-state index contributed by atoms with van der Waals surface area (Å²) in [5, 5.41) is 11.5. The molecule has 0 bridgehead atoms. The molecule has 34 heavy (non-hydrogen) atoms. The van der Waals surface area contributed by atoms with Crippen LogP contribution in [0.3, 0.4) is 0 Å². The second kappa shape index (κ2) is 9.56. The van der Waals surface area contributed by atoms with Crippen LogP contribution in [0.25, 0.3) is 11.0 Å². The van der Waals surface area contributed by atoms with Crippen molar-refractivity contribution in [2.45, 2.75) is 10.9 Å². The van der Waals surface area contributed by atoms with Crippen LogP contribution in [-0.4, -0.2) is 62.9 Å². The topological polar surface area (TPSA) is 99.8 Å². The zero-order chi connectivity index (χ0) is 23.5. The van der Waals surface area contributed by atoms with E-state index in [4.69, 9.17) is 4.42 Å². The lowest BCUT2D eigenvalue weighted by Gasteiger charge is -2.34. The van der Waals surface area contributed by atoms with Gasteiger partial charge in [0.25, 0.3) is 11.8 Å². The van der Waals surface area contributed by atoms with Crippen molar-refractivity contribution in [3.63, 3.8) is 0 Å². The Bertz CT molecular complexity index is 1330. The van der Waals surface area contributed by atoms with E-state index in [0.717, 1.165) is 10.9 Å². The van der Waals surface area contributed by atoms with E-state index in [1.807, 2.05) is 24.3 Å². The molecule has 172 valence electrons. The summed E-state index contributed by atoms with van der Waals surface area (Å²) < 4.78 is 6.00. The van der Waals surface area contributed by atoms with Gasteiger partial charge in [0.2, 0.25) is 0 Å². The number of hydrogen-bond donors (Lipinski definition) is 1. The summed E-state index contributed by atoms with van der Waals surface area (Å²) in [6.45, 7) is 1.51. The van der Waals surface area contributed by atoms with Crippen LogP contribution in [0.15, 0.2) is 76.6 Å². The van der Waals surface area contributed by atoms with Gasteiger partial charge in [0.1, 0.15) is 11.3 Å². The summed E-state index contributed by atoms with van der Waals surface area (Å²) >= 11 is 1.44. The molecule has 8 nitrogen and oxygen atoms in total. The number of carbonyl (C=O) groups is 2. The van der Waals surface area contributed by atoms with Gasteiger partial charge in [0.15, 0.2) is 10.9 Å². The molecular formula is C25H22N4O4S. The number of nitrogens with zero attached hydrogens (tertiary/aromatic N) is 4. The smallest absolute Gasteiger partial charge is 0.290 e. The van der Waals surface area contributed by atoms with E-state index >= 15 is 0 Å².